The molecule has 30 heavy (non-hydrogen) atoms. The monoisotopic (exact) mass is 451 g/mol. The molecule has 1 aromatic heterocycles. The van der Waals surface area contributed by atoms with Crippen molar-refractivity contribution in [1.82, 2.24) is 9.88 Å². The fourth-order valence-electron chi connectivity index (χ4n) is 2.80. The Balaban J connectivity index is 0.00000320. The Bertz CT molecular complexity index is 976. The SMILES string of the molecule is CC(C)c1ccc(OCC(=O)N(CCN(C)C)c2nc3ccc(F)cc3s2)cc1.Cl. The molecule has 2 aromatic carbocycles. The Morgan fingerprint density at radius 1 is 1.13 bits per heavy atom. The van der Waals surface area contributed by atoms with Crippen LogP contribution in [0.1, 0.15) is 25.3 Å². The number of fused-ring (bicyclic) bond motifs is 1. The van der Waals surface area contributed by atoms with Crippen molar-refractivity contribution in [2.75, 3.05) is 38.7 Å². The second kappa shape index (κ2) is 10.7. The number of thiazole rings is 1. The number of ether oxygens (including phenoxy) is 1. The quantitative estimate of drug-likeness (QED) is 0.486. The van der Waals surface area contributed by atoms with Gasteiger partial charge < -0.3 is 9.64 Å². The van der Waals surface area contributed by atoms with Crippen LogP contribution in [0.3, 0.4) is 0 Å². The second-order valence-electron chi connectivity index (χ2n) is 7.47. The van der Waals surface area contributed by atoms with Gasteiger partial charge in [0.15, 0.2) is 11.7 Å². The predicted octanol–water partition coefficient (Wildman–Crippen LogP) is 4.95. The fourth-order valence-corrected chi connectivity index (χ4v) is 3.83. The van der Waals surface area contributed by atoms with Crippen molar-refractivity contribution in [3.05, 3.63) is 53.8 Å². The number of carbonyl (C=O) groups is 1. The number of likely N-dealkylation sites (N-methyl/N-ethyl adjacent to an activating group) is 1. The van der Waals surface area contributed by atoms with E-state index in [2.05, 4.69) is 18.8 Å². The van der Waals surface area contributed by atoms with Gasteiger partial charge >= 0.3 is 0 Å². The van der Waals surface area contributed by atoms with Crippen molar-refractivity contribution >= 4 is 45.0 Å². The van der Waals surface area contributed by atoms with Gasteiger partial charge in [0.2, 0.25) is 0 Å². The molecule has 0 N–H and O–H groups in total. The molecule has 0 unspecified atom stereocenters. The number of benzene rings is 2. The standard InChI is InChI=1S/C22H26FN3O2S.ClH/c1-15(2)16-5-8-18(9-6-16)28-14-21(27)26(12-11-25(3)4)22-24-19-10-7-17(23)13-20(19)29-22;/h5-10,13,15H,11-12,14H2,1-4H3;1H. The third-order valence-corrected chi connectivity index (χ3v) is 5.59. The third kappa shape index (κ3) is 6.14. The average Bonchev–Trinajstić information content (AvgIpc) is 3.09. The minimum atomic E-state index is -0.313. The van der Waals surface area contributed by atoms with E-state index in [1.165, 1.54) is 29.0 Å². The minimum Gasteiger partial charge on any atom is -0.484 e. The number of anilines is 1. The molecule has 0 aliphatic heterocycles. The molecular weight excluding hydrogens is 425 g/mol. The number of nitrogens with zero attached hydrogens (tertiary/aromatic N) is 3. The van der Waals surface area contributed by atoms with Gasteiger partial charge in [-0.05, 0) is 55.9 Å². The topological polar surface area (TPSA) is 45.7 Å². The van der Waals surface area contributed by atoms with Crippen LogP contribution in [0.15, 0.2) is 42.5 Å². The summed E-state index contributed by atoms with van der Waals surface area (Å²) in [5, 5.41) is 0.552. The number of hydrogen-bond acceptors (Lipinski definition) is 5. The van der Waals surface area contributed by atoms with Crippen LogP contribution in [0.4, 0.5) is 9.52 Å². The molecule has 0 aliphatic carbocycles. The molecule has 0 aliphatic rings. The first-order valence-corrected chi connectivity index (χ1v) is 10.4. The summed E-state index contributed by atoms with van der Waals surface area (Å²) >= 11 is 1.31. The molecule has 1 heterocycles. The molecule has 0 fully saturated rings. The van der Waals surface area contributed by atoms with Gasteiger partial charge in [0, 0.05) is 13.1 Å². The molecule has 0 bridgehead atoms. The minimum absolute atomic E-state index is 0. The lowest BCUT2D eigenvalue weighted by atomic mass is 10.0. The van der Waals surface area contributed by atoms with Gasteiger partial charge in [-0.25, -0.2) is 9.37 Å². The van der Waals surface area contributed by atoms with Crippen LogP contribution in [0, 0.1) is 5.82 Å². The molecule has 8 heteroatoms. The van der Waals surface area contributed by atoms with Gasteiger partial charge in [0.05, 0.1) is 10.2 Å². The van der Waals surface area contributed by atoms with Crippen LogP contribution in [0.2, 0.25) is 0 Å². The molecule has 162 valence electrons. The van der Waals surface area contributed by atoms with Crippen molar-refractivity contribution in [3.63, 3.8) is 0 Å². The van der Waals surface area contributed by atoms with Crippen LogP contribution in [0.5, 0.6) is 5.75 Å². The van der Waals surface area contributed by atoms with E-state index >= 15 is 0 Å². The Labute approximate surface area is 186 Å². The van der Waals surface area contributed by atoms with Gasteiger partial charge in [-0.2, -0.15) is 0 Å². The molecule has 5 nitrogen and oxygen atoms in total. The summed E-state index contributed by atoms with van der Waals surface area (Å²) in [7, 11) is 3.90. The summed E-state index contributed by atoms with van der Waals surface area (Å²) < 4.78 is 20.0. The van der Waals surface area contributed by atoms with Crippen molar-refractivity contribution < 1.29 is 13.9 Å². The number of halogens is 2. The molecule has 0 spiro atoms. The van der Waals surface area contributed by atoms with E-state index in [1.807, 2.05) is 43.3 Å². The smallest absolute Gasteiger partial charge is 0.266 e. The van der Waals surface area contributed by atoms with E-state index in [0.717, 1.165) is 0 Å². The summed E-state index contributed by atoms with van der Waals surface area (Å²) in [6, 6.07) is 12.2. The first-order chi connectivity index (χ1) is 13.8. The van der Waals surface area contributed by atoms with E-state index in [0.29, 0.717) is 40.1 Å². The largest absolute Gasteiger partial charge is 0.484 e. The first-order valence-electron chi connectivity index (χ1n) is 9.57. The lowest BCUT2D eigenvalue weighted by Crippen LogP contribution is -2.39. The number of aromatic nitrogens is 1. The van der Waals surface area contributed by atoms with Crippen LogP contribution in [0.25, 0.3) is 10.2 Å². The van der Waals surface area contributed by atoms with Crippen LogP contribution >= 0.6 is 23.7 Å². The number of amides is 1. The highest BCUT2D eigenvalue weighted by Gasteiger charge is 2.20. The Morgan fingerprint density at radius 2 is 1.83 bits per heavy atom. The zero-order chi connectivity index (χ0) is 21.0. The van der Waals surface area contributed by atoms with Gasteiger partial charge in [-0.1, -0.05) is 37.3 Å². The van der Waals surface area contributed by atoms with E-state index in [4.69, 9.17) is 4.74 Å². The predicted molar refractivity (Wildman–Crippen MR) is 124 cm³/mol. The maximum atomic E-state index is 13.5. The van der Waals surface area contributed by atoms with Gasteiger partial charge in [-0.15, -0.1) is 12.4 Å². The average molecular weight is 452 g/mol. The normalized spacial score (nSPS) is 11.0. The zero-order valence-corrected chi connectivity index (χ0v) is 19.2. The maximum absolute atomic E-state index is 13.5. The third-order valence-electron chi connectivity index (χ3n) is 4.55. The lowest BCUT2D eigenvalue weighted by Gasteiger charge is -2.22. The highest BCUT2D eigenvalue weighted by molar-refractivity contribution is 7.22. The highest BCUT2D eigenvalue weighted by Crippen LogP contribution is 2.29. The maximum Gasteiger partial charge on any atom is 0.266 e. The first kappa shape index (κ1) is 24.1. The van der Waals surface area contributed by atoms with Crippen LogP contribution in [-0.4, -0.2) is 49.6 Å². The summed E-state index contributed by atoms with van der Waals surface area (Å²) in [6.07, 6.45) is 0. The summed E-state index contributed by atoms with van der Waals surface area (Å²) in [6.45, 7) is 5.33. The molecule has 3 rings (SSSR count). The van der Waals surface area contributed by atoms with E-state index < -0.39 is 0 Å². The van der Waals surface area contributed by atoms with Gasteiger partial charge in [0.25, 0.3) is 5.91 Å². The molecular formula is C22H27ClFN3O2S. The van der Waals surface area contributed by atoms with Crippen LogP contribution < -0.4 is 9.64 Å². The Kier molecular flexibility index (Phi) is 8.58. The number of rotatable bonds is 8. The van der Waals surface area contributed by atoms with Crippen LogP contribution in [-0.2, 0) is 4.79 Å². The van der Waals surface area contributed by atoms with Crippen molar-refractivity contribution in [2.24, 2.45) is 0 Å². The van der Waals surface area contributed by atoms with Gasteiger partial charge in [0.1, 0.15) is 11.6 Å². The van der Waals surface area contributed by atoms with E-state index in [9.17, 15) is 9.18 Å². The van der Waals surface area contributed by atoms with Crippen molar-refractivity contribution in [2.45, 2.75) is 19.8 Å². The molecule has 0 atom stereocenters. The molecule has 0 radical (unpaired) electrons. The second-order valence-corrected chi connectivity index (χ2v) is 8.48. The van der Waals surface area contributed by atoms with Crippen molar-refractivity contribution in [3.8, 4) is 5.75 Å². The number of carbonyl (C=O) groups excluding carboxylic acids is 1. The molecule has 1 amide bonds. The fraction of sp³-hybridized carbons (Fsp3) is 0.364. The molecule has 3 aromatic rings. The number of hydrogen-bond donors (Lipinski definition) is 0. The molecule has 0 saturated carbocycles. The van der Waals surface area contributed by atoms with Gasteiger partial charge in [-0.3, -0.25) is 9.69 Å². The van der Waals surface area contributed by atoms with E-state index in [-0.39, 0.29) is 30.7 Å². The van der Waals surface area contributed by atoms with E-state index in [1.54, 1.807) is 11.0 Å². The molecule has 0 saturated heterocycles. The van der Waals surface area contributed by atoms with Crippen molar-refractivity contribution in [1.29, 1.82) is 0 Å². The summed E-state index contributed by atoms with van der Waals surface area (Å²) in [4.78, 5) is 21.1. The lowest BCUT2D eigenvalue weighted by molar-refractivity contribution is -0.120. The Morgan fingerprint density at radius 3 is 2.47 bits per heavy atom. The highest BCUT2D eigenvalue weighted by atomic mass is 35.5. The summed E-state index contributed by atoms with van der Waals surface area (Å²) in [5.74, 6) is 0.601. The Hall–Kier alpha value is -2.22. The summed E-state index contributed by atoms with van der Waals surface area (Å²) in [5.41, 5.74) is 1.90. The zero-order valence-electron chi connectivity index (χ0n) is 17.6.